The Kier molecular flexibility index (Phi) is 2.76. The molecule has 1 aromatic heterocycles. The summed E-state index contributed by atoms with van der Waals surface area (Å²) in [6, 6.07) is 3.41. The molecule has 1 aliphatic heterocycles. The third-order valence-corrected chi connectivity index (χ3v) is 2.59. The third-order valence-electron chi connectivity index (χ3n) is 2.59. The van der Waals surface area contributed by atoms with Crippen LogP contribution in [0.3, 0.4) is 0 Å². The SMILES string of the molecule is CC1CN(C(=O)c2ccco2)CC(C)(C)O1. The van der Waals surface area contributed by atoms with Gasteiger partial charge in [0, 0.05) is 13.1 Å². The summed E-state index contributed by atoms with van der Waals surface area (Å²) in [7, 11) is 0. The number of carbonyl (C=O) groups is 1. The second-order valence-corrected chi connectivity index (χ2v) is 4.85. The summed E-state index contributed by atoms with van der Waals surface area (Å²) in [6.45, 7) is 7.17. The lowest BCUT2D eigenvalue weighted by Crippen LogP contribution is -2.53. The zero-order chi connectivity index (χ0) is 11.8. The van der Waals surface area contributed by atoms with Crippen molar-refractivity contribution in [1.82, 2.24) is 4.90 Å². The van der Waals surface area contributed by atoms with Crippen LogP contribution in [0.1, 0.15) is 31.3 Å². The van der Waals surface area contributed by atoms with Gasteiger partial charge in [0.1, 0.15) is 0 Å². The Labute approximate surface area is 95.2 Å². The quantitative estimate of drug-likeness (QED) is 0.730. The molecule has 1 unspecified atom stereocenters. The van der Waals surface area contributed by atoms with E-state index in [0.29, 0.717) is 18.8 Å². The molecular formula is C12H17NO3. The Hall–Kier alpha value is -1.29. The average molecular weight is 223 g/mol. The van der Waals surface area contributed by atoms with Gasteiger partial charge in [0.05, 0.1) is 18.0 Å². The van der Waals surface area contributed by atoms with E-state index in [2.05, 4.69) is 0 Å². The fourth-order valence-corrected chi connectivity index (χ4v) is 2.16. The van der Waals surface area contributed by atoms with Gasteiger partial charge in [-0.1, -0.05) is 0 Å². The van der Waals surface area contributed by atoms with Gasteiger partial charge in [0.2, 0.25) is 0 Å². The van der Waals surface area contributed by atoms with Crippen molar-refractivity contribution >= 4 is 5.91 Å². The third kappa shape index (κ3) is 2.27. The van der Waals surface area contributed by atoms with Crippen LogP contribution in [0.5, 0.6) is 0 Å². The number of hydrogen-bond acceptors (Lipinski definition) is 3. The maximum atomic E-state index is 12.1. The van der Waals surface area contributed by atoms with E-state index >= 15 is 0 Å². The number of furan rings is 1. The van der Waals surface area contributed by atoms with Gasteiger partial charge in [0.15, 0.2) is 5.76 Å². The molecule has 4 heteroatoms. The summed E-state index contributed by atoms with van der Waals surface area (Å²) in [6.07, 6.45) is 1.57. The van der Waals surface area contributed by atoms with Gasteiger partial charge in [-0.05, 0) is 32.9 Å². The van der Waals surface area contributed by atoms with Crippen molar-refractivity contribution in [1.29, 1.82) is 0 Å². The maximum absolute atomic E-state index is 12.1. The van der Waals surface area contributed by atoms with Crippen molar-refractivity contribution in [3.05, 3.63) is 24.2 Å². The molecule has 0 radical (unpaired) electrons. The minimum Gasteiger partial charge on any atom is -0.459 e. The van der Waals surface area contributed by atoms with Crippen LogP contribution in [0.15, 0.2) is 22.8 Å². The van der Waals surface area contributed by atoms with Crippen LogP contribution in [0.4, 0.5) is 0 Å². The van der Waals surface area contributed by atoms with Crippen LogP contribution < -0.4 is 0 Å². The predicted molar refractivity (Wildman–Crippen MR) is 59.2 cm³/mol. The highest BCUT2D eigenvalue weighted by molar-refractivity contribution is 5.91. The van der Waals surface area contributed by atoms with E-state index < -0.39 is 0 Å². The fraction of sp³-hybridized carbons (Fsp3) is 0.583. The Morgan fingerprint density at radius 1 is 1.56 bits per heavy atom. The van der Waals surface area contributed by atoms with E-state index in [1.807, 2.05) is 20.8 Å². The molecule has 1 saturated heterocycles. The van der Waals surface area contributed by atoms with Gasteiger partial charge in [-0.25, -0.2) is 0 Å². The summed E-state index contributed by atoms with van der Waals surface area (Å²) in [5.41, 5.74) is -0.292. The molecule has 1 fully saturated rings. The van der Waals surface area contributed by atoms with Crippen LogP contribution >= 0.6 is 0 Å². The number of nitrogens with zero attached hydrogens (tertiary/aromatic N) is 1. The summed E-state index contributed by atoms with van der Waals surface area (Å²) in [4.78, 5) is 13.9. The molecule has 4 nitrogen and oxygen atoms in total. The summed E-state index contributed by atoms with van der Waals surface area (Å²) in [5, 5.41) is 0. The smallest absolute Gasteiger partial charge is 0.289 e. The van der Waals surface area contributed by atoms with Gasteiger partial charge < -0.3 is 14.1 Å². The lowest BCUT2D eigenvalue weighted by Gasteiger charge is -2.41. The highest BCUT2D eigenvalue weighted by Crippen LogP contribution is 2.22. The van der Waals surface area contributed by atoms with Crippen LogP contribution in [0.25, 0.3) is 0 Å². The van der Waals surface area contributed by atoms with Gasteiger partial charge in [-0.2, -0.15) is 0 Å². The van der Waals surface area contributed by atoms with Crippen LogP contribution in [-0.2, 0) is 4.74 Å². The van der Waals surface area contributed by atoms with E-state index in [0.717, 1.165) is 0 Å². The van der Waals surface area contributed by atoms with Crippen molar-refractivity contribution in [2.45, 2.75) is 32.5 Å². The van der Waals surface area contributed by atoms with Crippen molar-refractivity contribution < 1.29 is 13.9 Å². The normalized spacial score (nSPS) is 24.4. The first-order valence-electron chi connectivity index (χ1n) is 5.48. The topological polar surface area (TPSA) is 42.7 Å². The van der Waals surface area contributed by atoms with Crippen LogP contribution in [-0.4, -0.2) is 35.6 Å². The van der Waals surface area contributed by atoms with Crippen molar-refractivity contribution in [3.8, 4) is 0 Å². The lowest BCUT2D eigenvalue weighted by molar-refractivity contribution is -0.119. The van der Waals surface area contributed by atoms with Crippen LogP contribution in [0.2, 0.25) is 0 Å². The number of hydrogen-bond donors (Lipinski definition) is 0. The molecule has 16 heavy (non-hydrogen) atoms. The van der Waals surface area contributed by atoms with Crippen molar-refractivity contribution in [3.63, 3.8) is 0 Å². The van der Waals surface area contributed by atoms with Gasteiger partial charge in [-0.15, -0.1) is 0 Å². The molecule has 0 N–H and O–H groups in total. The summed E-state index contributed by atoms with van der Waals surface area (Å²) in [5.74, 6) is 0.332. The Bertz CT molecular complexity index is 370. The molecule has 2 rings (SSSR count). The zero-order valence-corrected chi connectivity index (χ0v) is 9.90. The van der Waals surface area contributed by atoms with Gasteiger partial charge in [-0.3, -0.25) is 4.79 Å². The Morgan fingerprint density at radius 3 is 2.88 bits per heavy atom. The molecule has 0 aliphatic carbocycles. The number of morpholine rings is 1. The average Bonchev–Trinajstić information content (AvgIpc) is 2.65. The first-order valence-corrected chi connectivity index (χ1v) is 5.48. The van der Waals surface area contributed by atoms with E-state index in [4.69, 9.17) is 9.15 Å². The molecule has 1 aromatic rings. The minimum absolute atomic E-state index is 0.0580. The first-order chi connectivity index (χ1) is 7.48. The highest BCUT2D eigenvalue weighted by Gasteiger charge is 2.34. The van der Waals surface area contributed by atoms with E-state index in [1.54, 1.807) is 17.0 Å². The summed E-state index contributed by atoms with van der Waals surface area (Å²) >= 11 is 0. The molecular weight excluding hydrogens is 206 g/mol. The number of amides is 1. The second-order valence-electron chi connectivity index (χ2n) is 4.85. The molecule has 0 bridgehead atoms. The number of rotatable bonds is 1. The predicted octanol–water partition coefficient (Wildman–Crippen LogP) is 1.92. The monoisotopic (exact) mass is 223 g/mol. The molecule has 88 valence electrons. The number of carbonyl (C=O) groups excluding carboxylic acids is 1. The van der Waals surface area contributed by atoms with E-state index in [9.17, 15) is 4.79 Å². The standard InChI is InChI=1S/C12H17NO3/c1-9-7-13(8-12(2,3)16-9)11(14)10-5-4-6-15-10/h4-6,9H,7-8H2,1-3H3. The molecule has 0 saturated carbocycles. The molecule has 1 amide bonds. The molecule has 0 spiro atoms. The highest BCUT2D eigenvalue weighted by atomic mass is 16.5. The zero-order valence-electron chi connectivity index (χ0n) is 9.90. The largest absolute Gasteiger partial charge is 0.459 e. The Balaban J connectivity index is 2.12. The van der Waals surface area contributed by atoms with Gasteiger partial charge in [0.25, 0.3) is 5.91 Å². The fourth-order valence-electron chi connectivity index (χ4n) is 2.16. The second kappa shape index (κ2) is 3.94. The van der Waals surface area contributed by atoms with Crippen LogP contribution in [0, 0.1) is 0 Å². The minimum atomic E-state index is -0.292. The van der Waals surface area contributed by atoms with E-state index in [-0.39, 0.29) is 17.6 Å². The molecule has 1 aliphatic rings. The molecule has 1 atom stereocenters. The maximum Gasteiger partial charge on any atom is 0.289 e. The number of ether oxygens (including phenoxy) is 1. The van der Waals surface area contributed by atoms with Crippen molar-refractivity contribution in [2.75, 3.05) is 13.1 Å². The summed E-state index contributed by atoms with van der Waals surface area (Å²) < 4.78 is 10.9. The Morgan fingerprint density at radius 2 is 2.31 bits per heavy atom. The van der Waals surface area contributed by atoms with E-state index in [1.165, 1.54) is 6.26 Å². The first kappa shape index (κ1) is 11.2. The van der Waals surface area contributed by atoms with Gasteiger partial charge >= 0.3 is 0 Å². The molecule has 2 heterocycles. The van der Waals surface area contributed by atoms with Crippen molar-refractivity contribution in [2.24, 2.45) is 0 Å². The molecule has 0 aromatic carbocycles. The lowest BCUT2D eigenvalue weighted by atomic mass is 10.1.